The first-order valence-electron chi connectivity index (χ1n) is 8.48. The van der Waals surface area contributed by atoms with E-state index in [0.29, 0.717) is 32.7 Å². The molecule has 0 saturated heterocycles. The lowest BCUT2D eigenvalue weighted by atomic mass is 10.0. The number of carbonyl (C=O) groups is 1. The summed E-state index contributed by atoms with van der Waals surface area (Å²) in [7, 11) is 1.55. The molecule has 1 N–H and O–H groups in total. The first kappa shape index (κ1) is 20.0. The summed E-state index contributed by atoms with van der Waals surface area (Å²) >= 11 is 9.77. The Hall–Kier alpha value is -2.30. The van der Waals surface area contributed by atoms with Crippen LogP contribution in [0.15, 0.2) is 42.7 Å². The fourth-order valence-corrected chi connectivity index (χ4v) is 4.63. The van der Waals surface area contributed by atoms with E-state index in [1.54, 1.807) is 19.4 Å². The fourth-order valence-electron chi connectivity index (χ4n) is 2.87. The summed E-state index contributed by atoms with van der Waals surface area (Å²) in [5, 5.41) is 3.72. The summed E-state index contributed by atoms with van der Waals surface area (Å²) in [5.41, 5.74) is 3.33. The predicted octanol–water partition coefficient (Wildman–Crippen LogP) is 5.58. The number of thiazole rings is 1. The molecule has 0 bridgehead atoms. The van der Waals surface area contributed by atoms with Gasteiger partial charge in [-0.25, -0.2) is 9.97 Å². The molecule has 0 saturated carbocycles. The van der Waals surface area contributed by atoms with Crippen LogP contribution in [0.1, 0.15) is 16.1 Å². The molecule has 1 amide bonds. The van der Waals surface area contributed by atoms with E-state index >= 15 is 0 Å². The molecule has 146 valence electrons. The molecule has 0 atom stereocenters. The summed E-state index contributed by atoms with van der Waals surface area (Å²) in [6.45, 7) is 1.86. The number of halogens is 2. The van der Waals surface area contributed by atoms with E-state index in [2.05, 4.69) is 42.9 Å². The Kier molecular flexibility index (Phi) is 5.66. The van der Waals surface area contributed by atoms with E-state index in [-0.39, 0.29) is 5.91 Å². The summed E-state index contributed by atoms with van der Waals surface area (Å²) < 4.78 is 7.54. The highest BCUT2D eigenvalue weighted by atomic mass is 127. The molecule has 29 heavy (non-hydrogen) atoms. The minimum atomic E-state index is -0.309. The molecule has 9 heteroatoms. The van der Waals surface area contributed by atoms with Crippen molar-refractivity contribution in [2.45, 2.75) is 6.92 Å². The highest BCUT2D eigenvalue weighted by Gasteiger charge is 2.19. The van der Waals surface area contributed by atoms with Crippen LogP contribution in [0.4, 0.5) is 5.13 Å². The van der Waals surface area contributed by atoms with Crippen LogP contribution < -0.4 is 10.1 Å². The molecule has 0 radical (unpaired) electrons. The van der Waals surface area contributed by atoms with Crippen molar-refractivity contribution in [3.8, 4) is 16.9 Å². The SMILES string of the molecule is COc1cnc(Cl)cc1-c1cc(C)ncc1C(=O)Nc1nc2ccc(I)cc2s1. The number of nitrogens with one attached hydrogen (secondary N) is 1. The van der Waals surface area contributed by atoms with E-state index in [4.69, 9.17) is 16.3 Å². The zero-order chi connectivity index (χ0) is 20.5. The van der Waals surface area contributed by atoms with E-state index < -0.39 is 0 Å². The monoisotopic (exact) mass is 536 g/mol. The Bertz CT molecular complexity index is 1240. The number of aryl methyl sites for hydroxylation is 1. The highest BCUT2D eigenvalue weighted by Crippen LogP contribution is 2.34. The number of nitrogens with zero attached hydrogens (tertiary/aromatic N) is 3. The van der Waals surface area contributed by atoms with Crippen LogP contribution in [0.5, 0.6) is 5.75 Å². The molecule has 0 fully saturated rings. The van der Waals surface area contributed by atoms with Crippen molar-refractivity contribution < 1.29 is 9.53 Å². The van der Waals surface area contributed by atoms with Crippen LogP contribution >= 0.6 is 45.5 Å². The van der Waals surface area contributed by atoms with Gasteiger partial charge in [-0.1, -0.05) is 22.9 Å². The lowest BCUT2D eigenvalue weighted by Crippen LogP contribution is -2.14. The number of methoxy groups -OCH3 is 1. The number of rotatable bonds is 4. The molecule has 6 nitrogen and oxygen atoms in total. The molecule has 0 aliphatic carbocycles. The van der Waals surface area contributed by atoms with Gasteiger partial charge in [0.05, 0.1) is 29.1 Å². The van der Waals surface area contributed by atoms with Gasteiger partial charge in [-0.15, -0.1) is 0 Å². The van der Waals surface area contributed by atoms with Crippen molar-refractivity contribution in [1.29, 1.82) is 0 Å². The maximum Gasteiger partial charge on any atom is 0.259 e. The number of anilines is 1. The largest absolute Gasteiger partial charge is 0.494 e. The number of fused-ring (bicyclic) bond motifs is 1. The molecular weight excluding hydrogens is 523 g/mol. The van der Waals surface area contributed by atoms with Crippen molar-refractivity contribution in [3.05, 3.63) is 62.7 Å². The molecule has 0 aliphatic rings. The van der Waals surface area contributed by atoms with Gasteiger partial charge in [0.2, 0.25) is 0 Å². The average Bonchev–Trinajstić information content (AvgIpc) is 3.09. The van der Waals surface area contributed by atoms with Crippen LogP contribution in [0, 0.1) is 10.5 Å². The van der Waals surface area contributed by atoms with Gasteiger partial charge < -0.3 is 4.74 Å². The van der Waals surface area contributed by atoms with Gasteiger partial charge in [0.1, 0.15) is 10.9 Å². The maximum absolute atomic E-state index is 13.1. The molecule has 0 aliphatic heterocycles. The number of carbonyl (C=O) groups excluding carboxylic acids is 1. The van der Waals surface area contributed by atoms with E-state index in [0.717, 1.165) is 19.5 Å². The standard InChI is InChI=1S/C20H14ClIN4O2S/c1-10-5-12(13-7-18(21)24-9-16(13)28-2)14(8-23-10)19(27)26-20-25-15-4-3-11(22)6-17(15)29-20/h3-9H,1-2H3,(H,25,26,27). The Morgan fingerprint density at radius 3 is 2.79 bits per heavy atom. The third-order valence-corrected chi connectivity index (χ3v) is 6.01. The third-order valence-electron chi connectivity index (χ3n) is 4.20. The van der Waals surface area contributed by atoms with Gasteiger partial charge in [0, 0.05) is 26.6 Å². The van der Waals surface area contributed by atoms with Crippen LogP contribution in [0.25, 0.3) is 21.3 Å². The number of hydrogen-bond donors (Lipinski definition) is 1. The number of aromatic nitrogens is 3. The van der Waals surface area contributed by atoms with E-state index in [9.17, 15) is 4.79 Å². The minimum Gasteiger partial charge on any atom is -0.494 e. The summed E-state index contributed by atoms with van der Waals surface area (Å²) in [5.74, 6) is 0.208. The van der Waals surface area contributed by atoms with Gasteiger partial charge in [0.25, 0.3) is 5.91 Å². The number of amides is 1. The van der Waals surface area contributed by atoms with Crippen molar-refractivity contribution in [2.75, 3.05) is 12.4 Å². The number of ether oxygens (including phenoxy) is 1. The van der Waals surface area contributed by atoms with Crippen molar-refractivity contribution in [2.24, 2.45) is 0 Å². The van der Waals surface area contributed by atoms with Crippen LogP contribution in [0.2, 0.25) is 5.15 Å². The lowest BCUT2D eigenvalue weighted by Gasteiger charge is -2.13. The van der Waals surface area contributed by atoms with Crippen molar-refractivity contribution in [3.63, 3.8) is 0 Å². The maximum atomic E-state index is 13.1. The quantitative estimate of drug-likeness (QED) is 0.272. The van der Waals surface area contributed by atoms with Gasteiger partial charge in [-0.2, -0.15) is 0 Å². The lowest BCUT2D eigenvalue weighted by molar-refractivity contribution is 0.102. The van der Waals surface area contributed by atoms with E-state index in [1.165, 1.54) is 17.5 Å². The molecule has 3 aromatic heterocycles. The number of hydrogen-bond acceptors (Lipinski definition) is 6. The zero-order valence-electron chi connectivity index (χ0n) is 15.4. The summed E-state index contributed by atoms with van der Waals surface area (Å²) in [4.78, 5) is 25.9. The second-order valence-electron chi connectivity index (χ2n) is 6.16. The molecule has 4 aromatic rings. The smallest absolute Gasteiger partial charge is 0.259 e. The van der Waals surface area contributed by atoms with Crippen LogP contribution in [0.3, 0.4) is 0 Å². The molecule has 3 heterocycles. The second-order valence-corrected chi connectivity index (χ2v) is 8.83. The van der Waals surface area contributed by atoms with Gasteiger partial charge in [-0.3, -0.25) is 15.1 Å². The fraction of sp³-hybridized carbons (Fsp3) is 0.100. The van der Waals surface area contributed by atoms with Gasteiger partial charge in [-0.05, 0) is 59.8 Å². The van der Waals surface area contributed by atoms with Crippen molar-refractivity contribution in [1.82, 2.24) is 15.0 Å². The molecule has 4 rings (SSSR count). The summed E-state index contributed by atoms with van der Waals surface area (Å²) in [6.07, 6.45) is 3.08. The first-order valence-corrected chi connectivity index (χ1v) is 10.8. The normalized spacial score (nSPS) is 10.9. The highest BCUT2D eigenvalue weighted by molar-refractivity contribution is 14.1. The number of benzene rings is 1. The van der Waals surface area contributed by atoms with Crippen molar-refractivity contribution >= 4 is 66.8 Å². The Morgan fingerprint density at radius 1 is 1.17 bits per heavy atom. The van der Waals surface area contributed by atoms with Crippen LogP contribution in [-0.2, 0) is 0 Å². The Balaban J connectivity index is 1.75. The first-order chi connectivity index (χ1) is 13.9. The predicted molar refractivity (Wildman–Crippen MR) is 124 cm³/mol. The molecule has 0 unspecified atom stereocenters. The molecular formula is C20H14ClIN4O2S. The van der Waals surface area contributed by atoms with Crippen LogP contribution in [-0.4, -0.2) is 28.0 Å². The van der Waals surface area contributed by atoms with E-state index in [1.807, 2.05) is 31.2 Å². The zero-order valence-corrected chi connectivity index (χ0v) is 19.1. The van der Waals surface area contributed by atoms with Gasteiger partial charge >= 0.3 is 0 Å². The molecule has 1 aromatic carbocycles. The topological polar surface area (TPSA) is 77.0 Å². The summed E-state index contributed by atoms with van der Waals surface area (Å²) in [6, 6.07) is 9.45. The number of pyridine rings is 2. The molecule has 0 spiro atoms. The third kappa shape index (κ3) is 4.19. The second kappa shape index (κ2) is 8.21. The van der Waals surface area contributed by atoms with Gasteiger partial charge in [0.15, 0.2) is 5.13 Å². The minimum absolute atomic E-state index is 0.308. The Morgan fingerprint density at radius 2 is 2.00 bits per heavy atom. The Labute approximate surface area is 189 Å². The average molecular weight is 537 g/mol.